The monoisotopic (exact) mass is 223 g/mol. The fourth-order valence-corrected chi connectivity index (χ4v) is 1.58. The zero-order valence-corrected chi connectivity index (χ0v) is 10.0. The van der Waals surface area contributed by atoms with E-state index in [-0.39, 0.29) is 0 Å². The average Bonchev–Trinajstić information content (AvgIpc) is 2.10. The Morgan fingerprint density at radius 2 is 2.31 bits per heavy atom. The summed E-state index contributed by atoms with van der Waals surface area (Å²) in [4.78, 5) is 0. The molecule has 2 unspecified atom stereocenters. The maximum absolute atomic E-state index is 10.8. The molecule has 0 aliphatic rings. The van der Waals surface area contributed by atoms with Crippen molar-refractivity contribution in [1.82, 2.24) is 5.32 Å². The summed E-state index contributed by atoms with van der Waals surface area (Å²) in [5, 5.41) is 3.30. The molecule has 0 saturated heterocycles. The van der Waals surface area contributed by atoms with Crippen LogP contribution in [0, 0.1) is 0 Å². The number of halogens is 1. The molecule has 0 aromatic rings. The molecule has 0 aromatic heterocycles. The van der Waals surface area contributed by atoms with E-state index in [2.05, 4.69) is 12.2 Å². The van der Waals surface area contributed by atoms with Gasteiger partial charge >= 0.3 is 0 Å². The van der Waals surface area contributed by atoms with Gasteiger partial charge in [-0.05, 0) is 25.8 Å². The Labute approximate surface area is 88.2 Å². The van der Waals surface area contributed by atoms with Crippen molar-refractivity contribution in [2.45, 2.75) is 26.3 Å². The van der Waals surface area contributed by atoms with Gasteiger partial charge in [0.05, 0.1) is 0 Å². The van der Waals surface area contributed by atoms with Crippen LogP contribution in [0.25, 0.3) is 0 Å². The second-order valence-electron chi connectivity index (χ2n) is 3.30. The van der Waals surface area contributed by atoms with Crippen LogP contribution in [0.2, 0.25) is 0 Å². The average molecular weight is 224 g/mol. The molecule has 2 nitrogen and oxygen atoms in total. The summed E-state index contributed by atoms with van der Waals surface area (Å²) in [7, 11) is -0.683. The van der Waals surface area contributed by atoms with E-state index < -0.39 is 10.8 Å². The van der Waals surface area contributed by atoms with Gasteiger partial charge in [0.15, 0.2) is 0 Å². The van der Waals surface area contributed by atoms with Crippen molar-refractivity contribution in [2.75, 3.05) is 18.6 Å². The van der Waals surface area contributed by atoms with Gasteiger partial charge in [0.25, 0.3) is 0 Å². The molecule has 0 rings (SSSR count). The van der Waals surface area contributed by atoms with E-state index in [1.165, 1.54) is 0 Å². The number of nitrogens with one attached hydrogen (secondary N) is 1. The highest BCUT2D eigenvalue weighted by Crippen LogP contribution is 1.96. The first kappa shape index (κ1) is 13.1. The predicted octanol–water partition coefficient (Wildman–Crippen LogP) is 1.88. The molecule has 1 N–H and O–H groups in total. The van der Waals surface area contributed by atoms with E-state index in [1.807, 2.05) is 6.92 Å². The van der Waals surface area contributed by atoms with Crippen LogP contribution in [0.5, 0.6) is 0 Å². The van der Waals surface area contributed by atoms with E-state index in [0.29, 0.717) is 6.04 Å². The molecule has 0 amide bonds. The highest BCUT2D eigenvalue weighted by molar-refractivity contribution is 7.84. The number of rotatable bonds is 6. The highest BCUT2D eigenvalue weighted by Gasteiger charge is 2.01. The van der Waals surface area contributed by atoms with Crippen LogP contribution in [-0.2, 0) is 10.8 Å². The molecule has 78 valence electrons. The summed E-state index contributed by atoms with van der Waals surface area (Å²) >= 11 is 5.51. The minimum Gasteiger partial charge on any atom is -0.310 e. The minimum atomic E-state index is -0.683. The van der Waals surface area contributed by atoms with Crippen molar-refractivity contribution in [1.29, 1.82) is 0 Å². The van der Waals surface area contributed by atoms with Crippen molar-refractivity contribution in [3.63, 3.8) is 0 Å². The van der Waals surface area contributed by atoms with Crippen molar-refractivity contribution in [3.8, 4) is 0 Å². The van der Waals surface area contributed by atoms with Gasteiger partial charge in [-0.25, -0.2) is 0 Å². The van der Waals surface area contributed by atoms with E-state index in [9.17, 15) is 4.21 Å². The summed E-state index contributed by atoms with van der Waals surface area (Å²) in [6.07, 6.45) is 2.68. The quantitative estimate of drug-likeness (QED) is 0.745. The summed E-state index contributed by atoms with van der Waals surface area (Å²) in [6.45, 7) is 4.88. The van der Waals surface area contributed by atoms with Crippen LogP contribution in [0.4, 0.5) is 0 Å². The summed E-state index contributed by atoms with van der Waals surface area (Å²) in [6, 6.07) is 0.399. The normalized spacial score (nSPS) is 17.1. The van der Waals surface area contributed by atoms with Crippen LogP contribution in [0.3, 0.4) is 0 Å². The topological polar surface area (TPSA) is 29.1 Å². The molecule has 0 aromatic carbocycles. The Morgan fingerprint density at radius 1 is 1.69 bits per heavy atom. The molecule has 0 radical (unpaired) electrons. The smallest absolute Gasteiger partial charge is 0.0246 e. The Morgan fingerprint density at radius 3 is 2.77 bits per heavy atom. The van der Waals surface area contributed by atoms with Gasteiger partial charge < -0.3 is 5.32 Å². The summed E-state index contributed by atoms with van der Waals surface area (Å²) in [5.74, 6) is 0.762. The van der Waals surface area contributed by atoms with Crippen LogP contribution >= 0.6 is 11.6 Å². The molecule has 13 heavy (non-hydrogen) atoms. The van der Waals surface area contributed by atoms with Crippen molar-refractivity contribution >= 4 is 22.4 Å². The Hall–Kier alpha value is 0.140. The van der Waals surface area contributed by atoms with Gasteiger partial charge in [0.1, 0.15) is 0 Å². The number of hydrogen-bond donors (Lipinski definition) is 1. The molecule has 0 aliphatic heterocycles. The van der Waals surface area contributed by atoms with Gasteiger partial charge in [0.2, 0.25) is 0 Å². The minimum absolute atomic E-state index is 0.399. The predicted molar refractivity (Wildman–Crippen MR) is 60.6 cm³/mol. The van der Waals surface area contributed by atoms with E-state index in [4.69, 9.17) is 11.6 Å². The zero-order valence-electron chi connectivity index (χ0n) is 8.47. The molecular formula is C9H18ClNOS. The summed E-state index contributed by atoms with van der Waals surface area (Å²) < 4.78 is 10.8. The molecule has 0 aliphatic carbocycles. The van der Waals surface area contributed by atoms with Crippen molar-refractivity contribution in [3.05, 3.63) is 11.1 Å². The lowest BCUT2D eigenvalue weighted by atomic mass is 10.2. The second-order valence-corrected chi connectivity index (χ2v) is 5.08. The molecule has 0 saturated carbocycles. The Bertz CT molecular complexity index is 194. The molecular weight excluding hydrogens is 206 g/mol. The fraction of sp³-hybridized carbons (Fsp3) is 0.778. The lowest BCUT2D eigenvalue weighted by Crippen LogP contribution is -2.28. The molecule has 2 atom stereocenters. The van der Waals surface area contributed by atoms with Crippen LogP contribution in [0.1, 0.15) is 20.3 Å². The van der Waals surface area contributed by atoms with Gasteiger partial charge in [-0.1, -0.05) is 11.6 Å². The van der Waals surface area contributed by atoms with Crippen molar-refractivity contribution in [2.24, 2.45) is 0 Å². The fourth-order valence-electron chi connectivity index (χ4n) is 0.819. The molecule has 0 bridgehead atoms. The third-order valence-electron chi connectivity index (χ3n) is 1.75. The maximum atomic E-state index is 10.8. The maximum Gasteiger partial charge on any atom is 0.0246 e. The SMILES string of the molecule is CC(=CCl)CNC(C)CCS(C)=O. The first-order valence-corrected chi connectivity index (χ1v) is 6.52. The van der Waals surface area contributed by atoms with Gasteiger partial charge in [0, 0.05) is 40.9 Å². The lowest BCUT2D eigenvalue weighted by molar-refractivity contribution is 0.560. The molecule has 4 heteroatoms. The standard InChI is InChI=1S/C9H18ClNOS/c1-8(6-10)7-11-9(2)4-5-13(3)12/h6,9,11H,4-5,7H2,1-3H3. The van der Waals surface area contributed by atoms with Crippen LogP contribution < -0.4 is 5.32 Å². The molecule has 0 heterocycles. The first-order valence-electron chi connectivity index (χ1n) is 4.35. The van der Waals surface area contributed by atoms with Crippen molar-refractivity contribution < 1.29 is 4.21 Å². The van der Waals surface area contributed by atoms with Gasteiger partial charge in [-0.15, -0.1) is 0 Å². The Kier molecular flexibility index (Phi) is 7.62. The van der Waals surface area contributed by atoms with Gasteiger partial charge in [-0.3, -0.25) is 4.21 Å². The largest absolute Gasteiger partial charge is 0.310 e. The summed E-state index contributed by atoms with van der Waals surface area (Å²) in [5.41, 5.74) is 2.70. The molecule has 0 spiro atoms. The van der Waals surface area contributed by atoms with Crippen LogP contribution in [0.15, 0.2) is 11.1 Å². The lowest BCUT2D eigenvalue weighted by Gasteiger charge is -2.12. The highest BCUT2D eigenvalue weighted by atomic mass is 35.5. The van der Waals surface area contributed by atoms with E-state index in [0.717, 1.165) is 24.3 Å². The van der Waals surface area contributed by atoms with E-state index in [1.54, 1.807) is 11.8 Å². The van der Waals surface area contributed by atoms with Crippen LogP contribution in [-0.4, -0.2) is 28.8 Å². The third-order valence-corrected chi connectivity index (χ3v) is 2.94. The second kappa shape index (κ2) is 7.54. The van der Waals surface area contributed by atoms with Gasteiger partial charge in [-0.2, -0.15) is 0 Å². The third kappa shape index (κ3) is 8.47. The number of hydrogen-bond acceptors (Lipinski definition) is 2. The Balaban J connectivity index is 3.51. The molecule has 0 fully saturated rings. The first-order chi connectivity index (χ1) is 6.06. The van der Waals surface area contributed by atoms with E-state index >= 15 is 0 Å². The zero-order chi connectivity index (χ0) is 10.3.